The van der Waals surface area contributed by atoms with Crippen LogP contribution in [-0.2, 0) is 29.1 Å². The highest BCUT2D eigenvalue weighted by atomic mass is 32.3. The Morgan fingerprint density at radius 2 is 1.79 bits per heavy atom. The highest BCUT2D eigenvalue weighted by molar-refractivity contribution is 8.34. The number of nitrogens with zero attached hydrogens (tertiary/aromatic N) is 5. The molecule has 1 saturated carbocycles. The third-order valence-electron chi connectivity index (χ3n) is 8.72. The van der Waals surface area contributed by atoms with Crippen LogP contribution in [0.2, 0.25) is 0 Å². The number of hydrogen-bond donors (Lipinski definition) is 0. The molecule has 1 saturated heterocycles. The Morgan fingerprint density at radius 1 is 0.979 bits per heavy atom. The van der Waals surface area contributed by atoms with Gasteiger partial charge in [0, 0.05) is 44.1 Å². The normalized spacial score (nSPS) is 17.7. The Kier molecular flexibility index (Phi) is 10.3. The quantitative estimate of drug-likeness (QED) is 0.162. The Hall–Kier alpha value is -3.67. The molecule has 0 N–H and O–H groups in total. The zero-order valence-electron chi connectivity index (χ0n) is 28.0. The molecule has 10 nitrogen and oxygen atoms in total. The van der Waals surface area contributed by atoms with Crippen molar-refractivity contribution in [2.24, 2.45) is 0 Å². The minimum absolute atomic E-state index is 0.213. The lowest BCUT2D eigenvalue weighted by molar-refractivity contribution is -0.163. The van der Waals surface area contributed by atoms with E-state index in [0.717, 1.165) is 48.8 Å². The first-order valence-corrected chi connectivity index (χ1v) is 19.7. The van der Waals surface area contributed by atoms with Crippen LogP contribution in [0.4, 0.5) is 0 Å². The zero-order valence-corrected chi connectivity index (χ0v) is 28.8. The summed E-state index contributed by atoms with van der Waals surface area (Å²) in [6, 6.07) is 12.1. The largest absolute Gasteiger partial charge is 0.474 e. The SMILES string of the molecule is CCn1c(=O)n(CCCOC2CCCCO2)c(=O)c2c1nc(-c1ccc(OC3CCC3)nc1)n2Cc1ccc(C=CS(C)(C)C)cc1. The van der Waals surface area contributed by atoms with E-state index in [1.165, 1.54) is 11.0 Å². The lowest BCUT2D eigenvalue weighted by atomic mass is 9.96. The van der Waals surface area contributed by atoms with Gasteiger partial charge in [0.25, 0.3) is 5.56 Å². The highest BCUT2D eigenvalue weighted by Crippen LogP contribution is 2.37. The topological polar surface area (TPSA) is 102 Å². The van der Waals surface area contributed by atoms with Crippen molar-refractivity contribution in [1.82, 2.24) is 23.7 Å². The second-order valence-electron chi connectivity index (χ2n) is 13.2. The summed E-state index contributed by atoms with van der Waals surface area (Å²) in [6.45, 7) is 4.03. The molecular formula is C36H47N5O5S. The summed E-state index contributed by atoms with van der Waals surface area (Å²) in [5.74, 6) is 1.16. The van der Waals surface area contributed by atoms with Crippen molar-refractivity contribution in [3.05, 3.63) is 80.0 Å². The van der Waals surface area contributed by atoms with E-state index in [0.29, 0.717) is 55.6 Å². The van der Waals surface area contributed by atoms with Crippen LogP contribution < -0.4 is 16.0 Å². The molecular weight excluding hydrogens is 614 g/mol. The number of pyridine rings is 1. The maximum absolute atomic E-state index is 14.2. The van der Waals surface area contributed by atoms with E-state index in [2.05, 4.69) is 59.5 Å². The average Bonchev–Trinajstić information content (AvgIpc) is 3.41. The van der Waals surface area contributed by atoms with Gasteiger partial charge in [0.2, 0.25) is 5.88 Å². The van der Waals surface area contributed by atoms with Crippen LogP contribution in [0.15, 0.2) is 57.6 Å². The van der Waals surface area contributed by atoms with Crippen molar-refractivity contribution in [3.63, 3.8) is 0 Å². The van der Waals surface area contributed by atoms with Gasteiger partial charge in [-0.25, -0.2) is 24.8 Å². The molecule has 3 aromatic heterocycles. The van der Waals surface area contributed by atoms with Crippen LogP contribution in [0, 0.1) is 0 Å². The van der Waals surface area contributed by atoms with Crippen molar-refractivity contribution in [2.75, 3.05) is 32.0 Å². The fourth-order valence-electron chi connectivity index (χ4n) is 5.87. The van der Waals surface area contributed by atoms with Gasteiger partial charge in [0.15, 0.2) is 17.5 Å². The van der Waals surface area contributed by atoms with Gasteiger partial charge in [0.05, 0.1) is 6.61 Å². The van der Waals surface area contributed by atoms with Crippen LogP contribution >= 0.6 is 10.0 Å². The first kappa shape index (κ1) is 33.2. The van der Waals surface area contributed by atoms with E-state index in [-0.39, 0.29) is 30.2 Å². The average molecular weight is 662 g/mol. The highest BCUT2D eigenvalue weighted by Gasteiger charge is 2.24. The van der Waals surface area contributed by atoms with Crippen molar-refractivity contribution >= 4 is 27.3 Å². The Balaban J connectivity index is 1.36. The second kappa shape index (κ2) is 14.6. The summed E-state index contributed by atoms with van der Waals surface area (Å²) >= 11 is 0. The number of fused-ring (bicyclic) bond motifs is 1. The van der Waals surface area contributed by atoms with E-state index in [9.17, 15) is 9.59 Å². The molecule has 4 aromatic rings. The lowest BCUT2D eigenvalue weighted by Gasteiger charge is -2.25. The molecule has 2 aliphatic rings. The summed E-state index contributed by atoms with van der Waals surface area (Å²) in [7, 11) is -0.763. The number of benzene rings is 1. The predicted molar refractivity (Wildman–Crippen MR) is 190 cm³/mol. The molecule has 0 radical (unpaired) electrons. The van der Waals surface area contributed by atoms with Crippen molar-refractivity contribution < 1.29 is 14.2 Å². The van der Waals surface area contributed by atoms with Gasteiger partial charge in [-0.2, -0.15) is 0 Å². The monoisotopic (exact) mass is 661 g/mol. The number of ether oxygens (including phenoxy) is 3. The molecule has 1 aliphatic carbocycles. The van der Waals surface area contributed by atoms with Gasteiger partial charge in [-0.05, 0) is 93.2 Å². The first-order chi connectivity index (χ1) is 22.7. The van der Waals surface area contributed by atoms with E-state index in [1.54, 1.807) is 10.8 Å². The Bertz CT molecular complexity index is 1810. The summed E-state index contributed by atoms with van der Waals surface area (Å²) < 4.78 is 22.4. The summed E-state index contributed by atoms with van der Waals surface area (Å²) in [5.41, 5.74) is 2.95. The van der Waals surface area contributed by atoms with Gasteiger partial charge < -0.3 is 18.8 Å². The molecule has 252 valence electrons. The van der Waals surface area contributed by atoms with Crippen LogP contribution in [0.5, 0.6) is 5.88 Å². The second-order valence-corrected chi connectivity index (χ2v) is 17.4. The molecule has 0 spiro atoms. The van der Waals surface area contributed by atoms with Gasteiger partial charge in [-0.1, -0.05) is 30.3 Å². The maximum Gasteiger partial charge on any atom is 0.332 e. The molecule has 2 fully saturated rings. The first-order valence-electron chi connectivity index (χ1n) is 16.8. The van der Waals surface area contributed by atoms with E-state index >= 15 is 0 Å². The number of aryl methyl sites for hydroxylation is 1. The van der Waals surface area contributed by atoms with Crippen LogP contribution in [0.1, 0.15) is 63.0 Å². The van der Waals surface area contributed by atoms with E-state index < -0.39 is 10.0 Å². The van der Waals surface area contributed by atoms with Crippen LogP contribution in [0.25, 0.3) is 28.6 Å². The third-order valence-corrected chi connectivity index (χ3v) is 9.67. The standard InChI is InChI=1S/C36H47N5O5S/c1-5-39-34-32(35(42)40(36(39)43)20-9-22-45-31-12-6-7-21-44-31)41(25-27-15-13-26(14-16-27)19-23-47(2,3)4)33(38-34)28-17-18-30(37-24-28)46-29-10-8-11-29/h13-19,23-24,29,31H,5-12,20-22,25H2,1-4H3. The van der Waals surface area contributed by atoms with Gasteiger partial charge in [0.1, 0.15) is 11.9 Å². The minimum atomic E-state index is -0.763. The van der Waals surface area contributed by atoms with E-state index in [4.69, 9.17) is 19.2 Å². The lowest BCUT2D eigenvalue weighted by Crippen LogP contribution is -2.40. The minimum Gasteiger partial charge on any atom is -0.474 e. The number of imidazole rings is 1. The smallest absolute Gasteiger partial charge is 0.332 e. The van der Waals surface area contributed by atoms with Crippen LogP contribution in [-0.4, -0.2) is 68.0 Å². The summed E-state index contributed by atoms with van der Waals surface area (Å²) in [6.07, 6.45) is 17.5. The molecule has 1 aromatic carbocycles. The fourth-order valence-corrected chi connectivity index (χ4v) is 6.43. The number of hydrogen-bond acceptors (Lipinski definition) is 7. The van der Waals surface area contributed by atoms with Crippen molar-refractivity contribution in [1.29, 1.82) is 0 Å². The Labute approximate surface area is 277 Å². The van der Waals surface area contributed by atoms with Crippen molar-refractivity contribution in [2.45, 2.75) is 83.9 Å². The summed E-state index contributed by atoms with van der Waals surface area (Å²) in [4.78, 5) is 37.4. The molecule has 11 heteroatoms. The number of aromatic nitrogens is 5. The number of rotatable bonds is 13. The molecule has 0 bridgehead atoms. The molecule has 47 heavy (non-hydrogen) atoms. The Morgan fingerprint density at radius 3 is 2.43 bits per heavy atom. The van der Waals surface area contributed by atoms with Gasteiger partial charge in [-0.3, -0.25) is 13.9 Å². The molecule has 4 heterocycles. The summed E-state index contributed by atoms with van der Waals surface area (Å²) in [5, 5.41) is 2.27. The molecule has 1 atom stereocenters. The zero-order chi connectivity index (χ0) is 33.0. The fraction of sp³-hybridized carbons (Fsp3) is 0.500. The molecule has 0 amide bonds. The van der Waals surface area contributed by atoms with E-state index in [1.807, 2.05) is 23.6 Å². The maximum atomic E-state index is 14.2. The predicted octanol–water partition coefficient (Wildman–Crippen LogP) is 6.02. The van der Waals surface area contributed by atoms with Crippen molar-refractivity contribution in [3.8, 4) is 17.3 Å². The molecule has 1 unspecified atom stereocenters. The van der Waals surface area contributed by atoms with Gasteiger partial charge in [-0.15, -0.1) is 0 Å². The van der Waals surface area contributed by atoms with Crippen LogP contribution in [0.3, 0.4) is 0 Å². The van der Waals surface area contributed by atoms with Gasteiger partial charge >= 0.3 is 5.69 Å². The molecule has 1 aliphatic heterocycles. The third kappa shape index (κ3) is 7.90. The molecule has 6 rings (SSSR count).